The van der Waals surface area contributed by atoms with E-state index < -0.39 is 0 Å². The number of thioether (sulfide) groups is 1. The van der Waals surface area contributed by atoms with Gasteiger partial charge in [0.1, 0.15) is 5.25 Å². The third-order valence-corrected chi connectivity index (χ3v) is 4.76. The maximum Gasteiger partial charge on any atom is 0.238 e. The van der Waals surface area contributed by atoms with Gasteiger partial charge in [-0.05, 0) is 37.5 Å². The highest BCUT2D eigenvalue weighted by Gasteiger charge is 2.28. The summed E-state index contributed by atoms with van der Waals surface area (Å²) in [5.41, 5.74) is 2.27. The van der Waals surface area contributed by atoms with Crippen molar-refractivity contribution in [1.82, 2.24) is 5.32 Å². The van der Waals surface area contributed by atoms with E-state index in [0.29, 0.717) is 6.04 Å². The predicted octanol–water partition coefficient (Wildman–Crippen LogP) is 4.11. The fourth-order valence-corrected chi connectivity index (χ4v) is 3.38. The SMILES string of the molecule is Cc1cccc(SC(C(=O)NC2CC2)c2ccccc2)c1. The van der Waals surface area contributed by atoms with Gasteiger partial charge in [-0.2, -0.15) is 0 Å². The van der Waals surface area contributed by atoms with E-state index in [1.165, 1.54) is 5.56 Å². The second-order valence-corrected chi connectivity index (χ2v) is 6.69. The molecule has 2 aromatic rings. The van der Waals surface area contributed by atoms with Crippen molar-refractivity contribution in [2.24, 2.45) is 0 Å². The summed E-state index contributed by atoms with van der Waals surface area (Å²) in [5, 5.41) is 2.94. The van der Waals surface area contributed by atoms with Crippen LogP contribution in [-0.2, 0) is 4.79 Å². The standard InChI is InChI=1S/C18H19NOS/c1-13-6-5-9-16(12-13)21-17(14-7-3-2-4-8-14)18(20)19-15-10-11-15/h2-9,12,15,17H,10-11H2,1H3,(H,19,20). The van der Waals surface area contributed by atoms with Gasteiger partial charge in [0, 0.05) is 10.9 Å². The molecule has 108 valence electrons. The van der Waals surface area contributed by atoms with Crippen molar-refractivity contribution in [2.45, 2.75) is 36.0 Å². The molecule has 1 saturated carbocycles. The van der Waals surface area contributed by atoms with Crippen molar-refractivity contribution < 1.29 is 4.79 Å². The number of aryl methyl sites for hydroxylation is 1. The van der Waals surface area contributed by atoms with Crippen LogP contribution in [0.3, 0.4) is 0 Å². The summed E-state index contributed by atoms with van der Waals surface area (Å²) < 4.78 is 0. The zero-order chi connectivity index (χ0) is 14.7. The van der Waals surface area contributed by atoms with E-state index in [-0.39, 0.29) is 11.2 Å². The molecule has 3 heteroatoms. The quantitative estimate of drug-likeness (QED) is 0.842. The molecule has 3 rings (SSSR count). The Labute approximate surface area is 130 Å². The van der Waals surface area contributed by atoms with Crippen LogP contribution < -0.4 is 5.32 Å². The van der Waals surface area contributed by atoms with Gasteiger partial charge in [0.05, 0.1) is 0 Å². The first kappa shape index (κ1) is 14.2. The molecule has 1 atom stereocenters. The van der Waals surface area contributed by atoms with Crippen molar-refractivity contribution in [3.63, 3.8) is 0 Å². The minimum atomic E-state index is -0.186. The normalized spacial score (nSPS) is 15.5. The lowest BCUT2D eigenvalue weighted by Crippen LogP contribution is -2.29. The highest BCUT2D eigenvalue weighted by atomic mass is 32.2. The summed E-state index contributed by atoms with van der Waals surface area (Å²) in [5.74, 6) is 0.121. The molecule has 0 saturated heterocycles. The Hall–Kier alpha value is -1.74. The molecule has 1 aliphatic carbocycles. The lowest BCUT2D eigenvalue weighted by Gasteiger charge is -2.17. The average molecular weight is 297 g/mol. The Morgan fingerprint density at radius 3 is 2.57 bits per heavy atom. The highest BCUT2D eigenvalue weighted by Crippen LogP contribution is 2.36. The molecule has 2 nitrogen and oxygen atoms in total. The fraction of sp³-hybridized carbons (Fsp3) is 0.278. The molecule has 0 spiro atoms. The van der Waals surface area contributed by atoms with Crippen molar-refractivity contribution in [3.8, 4) is 0 Å². The Morgan fingerprint density at radius 1 is 1.14 bits per heavy atom. The molecule has 1 unspecified atom stereocenters. The topological polar surface area (TPSA) is 29.1 Å². The Kier molecular flexibility index (Phi) is 4.30. The molecule has 0 aromatic heterocycles. The van der Waals surface area contributed by atoms with Gasteiger partial charge in [0.2, 0.25) is 5.91 Å². The van der Waals surface area contributed by atoms with Crippen molar-refractivity contribution in [3.05, 3.63) is 65.7 Å². The van der Waals surface area contributed by atoms with Crippen LogP contribution in [0.25, 0.3) is 0 Å². The van der Waals surface area contributed by atoms with Gasteiger partial charge in [-0.25, -0.2) is 0 Å². The van der Waals surface area contributed by atoms with E-state index in [1.54, 1.807) is 11.8 Å². The van der Waals surface area contributed by atoms with E-state index in [9.17, 15) is 4.79 Å². The molecule has 1 amide bonds. The summed E-state index contributed by atoms with van der Waals surface area (Å²) in [6, 6.07) is 18.7. The van der Waals surface area contributed by atoms with Gasteiger partial charge in [-0.15, -0.1) is 11.8 Å². The van der Waals surface area contributed by atoms with Crippen LogP contribution in [0, 0.1) is 6.92 Å². The van der Waals surface area contributed by atoms with Gasteiger partial charge < -0.3 is 5.32 Å². The molecular weight excluding hydrogens is 278 g/mol. The smallest absolute Gasteiger partial charge is 0.238 e. The number of rotatable bonds is 5. The van der Waals surface area contributed by atoms with E-state index in [4.69, 9.17) is 0 Å². The van der Waals surface area contributed by atoms with Gasteiger partial charge in [0.15, 0.2) is 0 Å². The summed E-state index contributed by atoms with van der Waals surface area (Å²) in [6.45, 7) is 2.08. The first-order valence-electron chi connectivity index (χ1n) is 7.31. The second kappa shape index (κ2) is 6.35. The van der Waals surface area contributed by atoms with E-state index in [2.05, 4.69) is 30.4 Å². The maximum atomic E-state index is 12.6. The first-order valence-corrected chi connectivity index (χ1v) is 8.19. The van der Waals surface area contributed by atoms with Gasteiger partial charge in [-0.3, -0.25) is 4.79 Å². The lowest BCUT2D eigenvalue weighted by molar-refractivity contribution is -0.120. The average Bonchev–Trinajstić information content (AvgIpc) is 3.29. The molecule has 1 N–H and O–H groups in total. The number of hydrogen-bond acceptors (Lipinski definition) is 2. The third kappa shape index (κ3) is 3.88. The molecule has 2 aromatic carbocycles. The van der Waals surface area contributed by atoms with Crippen LogP contribution in [-0.4, -0.2) is 11.9 Å². The van der Waals surface area contributed by atoms with Crippen LogP contribution >= 0.6 is 11.8 Å². The third-order valence-electron chi connectivity index (χ3n) is 3.51. The Balaban J connectivity index is 1.82. The minimum absolute atomic E-state index is 0.121. The monoisotopic (exact) mass is 297 g/mol. The van der Waals surface area contributed by atoms with Crippen molar-refractivity contribution in [2.75, 3.05) is 0 Å². The largest absolute Gasteiger partial charge is 0.352 e. The Bertz CT molecular complexity index is 622. The van der Waals surface area contributed by atoms with Gasteiger partial charge in [-0.1, -0.05) is 48.0 Å². The number of hydrogen-bond donors (Lipinski definition) is 1. The molecule has 1 fully saturated rings. The number of benzene rings is 2. The minimum Gasteiger partial charge on any atom is -0.352 e. The number of carbonyl (C=O) groups is 1. The molecule has 1 aliphatic rings. The van der Waals surface area contributed by atoms with Crippen LogP contribution in [0.15, 0.2) is 59.5 Å². The van der Waals surface area contributed by atoms with E-state index >= 15 is 0 Å². The van der Waals surface area contributed by atoms with Crippen LogP contribution in [0.5, 0.6) is 0 Å². The lowest BCUT2D eigenvalue weighted by atomic mass is 10.1. The zero-order valence-corrected chi connectivity index (χ0v) is 12.9. The Morgan fingerprint density at radius 2 is 1.90 bits per heavy atom. The predicted molar refractivity (Wildman–Crippen MR) is 87.4 cm³/mol. The number of amides is 1. The highest BCUT2D eigenvalue weighted by molar-refractivity contribution is 8.00. The first-order chi connectivity index (χ1) is 10.2. The zero-order valence-electron chi connectivity index (χ0n) is 12.1. The molecule has 0 heterocycles. The van der Waals surface area contributed by atoms with E-state index in [0.717, 1.165) is 23.3 Å². The summed E-state index contributed by atoms with van der Waals surface area (Å²) in [4.78, 5) is 13.7. The summed E-state index contributed by atoms with van der Waals surface area (Å²) in [7, 11) is 0. The molecule has 0 bridgehead atoms. The van der Waals surface area contributed by atoms with Crippen molar-refractivity contribution >= 4 is 17.7 Å². The fourth-order valence-electron chi connectivity index (χ4n) is 2.23. The molecule has 0 aliphatic heterocycles. The van der Waals surface area contributed by atoms with Crippen LogP contribution in [0.1, 0.15) is 29.2 Å². The van der Waals surface area contributed by atoms with Gasteiger partial charge in [0.25, 0.3) is 0 Å². The van der Waals surface area contributed by atoms with Crippen LogP contribution in [0.2, 0.25) is 0 Å². The summed E-state index contributed by atoms with van der Waals surface area (Å²) >= 11 is 1.62. The second-order valence-electron chi connectivity index (χ2n) is 5.51. The van der Waals surface area contributed by atoms with Crippen molar-refractivity contribution in [1.29, 1.82) is 0 Å². The maximum absolute atomic E-state index is 12.6. The van der Waals surface area contributed by atoms with E-state index in [1.807, 2.05) is 36.4 Å². The number of carbonyl (C=O) groups excluding carboxylic acids is 1. The molecule has 0 radical (unpaired) electrons. The van der Waals surface area contributed by atoms with Gasteiger partial charge >= 0.3 is 0 Å². The molecule has 21 heavy (non-hydrogen) atoms. The summed E-state index contributed by atoms with van der Waals surface area (Å²) in [6.07, 6.45) is 2.23. The number of nitrogens with one attached hydrogen (secondary N) is 1. The van der Waals surface area contributed by atoms with Crippen LogP contribution in [0.4, 0.5) is 0 Å². The molecular formula is C18H19NOS.